The molecule has 0 bridgehead atoms. The van der Waals surface area contributed by atoms with Gasteiger partial charge in [-0.05, 0) is 13.0 Å². The molecule has 0 saturated carbocycles. The number of ether oxygens (including phenoxy) is 2. The molecule has 2 aromatic rings. The normalized spacial score (nSPS) is 12.0. The number of nitrogens with zero attached hydrogens (tertiary/aromatic N) is 3. The maximum absolute atomic E-state index is 12.0. The number of pyridine rings is 1. The third-order valence-corrected chi connectivity index (χ3v) is 2.72. The minimum Gasteiger partial charge on any atom is -0.490 e. The van der Waals surface area contributed by atoms with Gasteiger partial charge in [0.2, 0.25) is 5.88 Å². The lowest BCUT2D eigenvalue weighted by Crippen LogP contribution is -2.26. The van der Waals surface area contributed by atoms with Crippen LogP contribution in [0.1, 0.15) is 12.5 Å². The summed E-state index contributed by atoms with van der Waals surface area (Å²) in [5.74, 6) is 0.884. The van der Waals surface area contributed by atoms with Crippen LogP contribution in [-0.2, 0) is 6.54 Å². The number of hydrogen-bond donors (Lipinski definition) is 1. The predicted octanol–water partition coefficient (Wildman–Crippen LogP) is 0.421. The highest BCUT2D eigenvalue weighted by Gasteiger charge is 2.07. The second kappa shape index (κ2) is 6.85. The van der Waals surface area contributed by atoms with Crippen molar-refractivity contribution in [1.29, 1.82) is 0 Å². The molecule has 0 amide bonds. The summed E-state index contributed by atoms with van der Waals surface area (Å²) in [5, 5.41) is 4.08. The molecule has 0 fully saturated rings. The summed E-state index contributed by atoms with van der Waals surface area (Å²) in [7, 11) is 1.53. The van der Waals surface area contributed by atoms with Crippen LogP contribution >= 0.6 is 0 Å². The van der Waals surface area contributed by atoms with Gasteiger partial charge in [-0.25, -0.2) is 9.67 Å². The van der Waals surface area contributed by atoms with Crippen LogP contribution in [0.15, 0.2) is 35.4 Å². The van der Waals surface area contributed by atoms with Crippen LogP contribution in [0, 0.1) is 0 Å². The molecule has 0 aliphatic carbocycles. The van der Waals surface area contributed by atoms with Crippen LogP contribution in [0.4, 0.5) is 0 Å². The summed E-state index contributed by atoms with van der Waals surface area (Å²) in [4.78, 5) is 16.1. The number of nitrogens with two attached hydrogens (primary N) is 1. The Morgan fingerprint density at radius 3 is 2.95 bits per heavy atom. The lowest BCUT2D eigenvalue weighted by molar-refractivity contribution is 0.293. The van der Waals surface area contributed by atoms with Crippen molar-refractivity contribution in [2.24, 2.45) is 5.73 Å². The van der Waals surface area contributed by atoms with Crippen LogP contribution in [0.5, 0.6) is 11.6 Å². The highest BCUT2D eigenvalue weighted by molar-refractivity contribution is 5.25. The lowest BCUT2D eigenvalue weighted by Gasteiger charge is -2.10. The largest absolute Gasteiger partial charge is 0.490 e. The summed E-state index contributed by atoms with van der Waals surface area (Å²) < 4.78 is 11.8. The Kier molecular flexibility index (Phi) is 4.89. The van der Waals surface area contributed by atoms with Gasteiger partial charge in [0.05, 0.1) is 19.9 Å². The van der Waals surface area contributed by atoms with Crippen molar-refractivity contribution in [3.63, 3.8) is 0 Å². The van der Waals surface area contributed by atoms with E-state index >= 15 is 0 Å². The van der Waals surface area contributed by atoms with E-state index in [-0.39, 0.29) is 18.1 Å². The Morgan fingerprint density at radius 2 is 2.29 bits per heavy atom. The van der Waals surface area contributed by atoms with Gasteiger partial charge in [-0.3, -0.25) is 4.79 Å². The maximum atomic E-state index is 12.0. The number of rotatable bonds is 6. The van der Waals surface area contributed by atoms with Crippen molar-refractivity contribution in [2.75, 3.05) is 13.7 Å². The first-order valence-corrected chi connectivity index (χ1v) is 6.53. The Balaban J connectivity index is 2.16. The van der Waals surface area contributed by atoms with Gasteiger partial charge in [-0.1, -0.05) is 6.07 Å². The van der Waals surface area contributed by atoms with Gasteiger partial charge < -0.3 is 15.2 Å². The van der Waals surface area contributed by atoms with E-state index in [9.17, 15) is 4.79 Å². The number of hydrogen-bond acceptors (Lipinski definition) is 6. The molecule has 2 rings (SSSR count). The van der Waals surface area contributed by atoms with E-state index in [0.29, 0.717) is 18.2 Å². The van der Waals surface area contributed by atoms with Gasteiger partial charge in [0.15, 0.2) is 0 Å². The molecule has 0 radical (unpaired) electrons. The highest BCUT2D eigenvalue weighted by atomic mass is 16.5. The predicted molar refractivity (Wildman–Crippen MR) is 77.5 cm³/mol. The van der Waals surface area contributed by atoms with Crippen molar-refractivity contribution in [3.8, 4) is 11.6 Å². The van der Waals surface area contributed by atoms with E-state index in [1.807, 2.05) is 13.0 Å². The average molecular weight is 290 g/mol. The van der Waals surface area contributed by atoms with E-state index in [1.54, 1.807) is 12.3 Å². The van der Waals surface area contributed by atoms with Gasteiger partial charge in [0, 0.05) is 23.9 Å². The topological polar surface area (TPSA) is 92.3 Å². The van der Waals surface area contributed by atoms with Crippen molar-refractivity contribution < 1.29 is 9.47 Å². The molecular formula is C14H18N4O3. The Bertz CT molecular complexity index is 655. The summed E-state index contributed by atoms with van der Waals surface area (Å²) in [6.45, 7) is 2.44. The summed E-state index contributed by atoms with van der Waals surface area (Å²) in [6.07, 6.45) is 3.12. The number of methoxy groups -OCH3 is 1. The SMILES string of the molecule is COc1ncccc1Cn1ncc(OCC(C)N)cc1=O. The zero-order valence-electron chi connectivity index (χ0n) is 12.0. The van der Waals surface area contributed by atoms with E-state index in [0.717, 1.165) is 5.56 Å². The van der Waals surface area contributed by atoms with Crippen LogP contribution < -0.4 is 20.8 Å². The van der Waals surface area contributed by atoms with Gasteiger partial charge in [-0.15, -0.1) is 0 Å². The van der Waals surface area contributed by atoms with Crippen LogP contribution in [0.3, 0.4) is 0 Å². The summed E-state index contributed by atoms with van der Waals surface area (Å²) in [5.41, 5.74) is 6.11. The molecule has 0 aliphatic rings. The first kappa shape index (κ1) is 15.0. The monoisotopic (exact) mass is 290 g/mol. The molecule has 21 heavy (non-hydrogen) atoms. The fraction of sp³-hybridized carbons (Fsp3) is 0.357. The van der Waals surface area contributed by atoms with Gasteiger partial charge in [-0.2, -0.15) is 5.10 Å². The Morgan fingerprint density at radius 1 is 1.48 bits per heavy atom. The molecular weight excluding hydrogens is 272 g/mol. The zero-order valence-corrected chi connectivity index (χ0v) is 12.0. The molecule has 2 aromatic heterocycles. The standard InChI is InChI=1S/C14H18N4O3/c1-10(15)9-21-12-6-13(19)18(17-7-12)8-11-4-3-5-16-14(11)20-2/h3-7,10H,8-9,15H2,1-2H3. The lowest BCUT2D eigenvalue weighted by atomic mass is 10.2. The van der Waals surface area contributed by atoms with E-state index < -0.39 is 0 Å². The van der Waals surface area contributed by atoms with Crippen molar-refractivity contribution in [3.05, 3.63) is 46.5 Å². The summed E-state index contributed by atoms with van der Waals surface area (Å²) >= 11 is 0. The molecule has 0 saturated heterocycles. The third kappa shape index (κ3) is 4.03. The van der Waals surface area contributed by atoms with Crippen molar-refractivity contribution in [1.82, 2.24) is 14.8 Å². The minimum atomic E-state index is -0.261. The van der Waals surface area contributed by atoms with Gasteiger partial charge >= 0.3 is 0 Å². The zero-order chi connectivity index (χ0) is 15.2. The smallest absolute Gasteiger partial charge is 0.270 e. The van der Waals surface area contributed by atoms with E-state index in [2.05, 4.69) is 10.1 Å². The first-order chi connectivity index (χ1) is 10.1. The molecule has 112 valence electrons. The molecule has 2 heterocycles. The number of aromatic nitrogens is 3. The molecule has 1 unspecified atom stereocenters. The Hall–Kier alpha value is -2.41. The van der Waals surface area contributed by atoms with E-state index in [4.69, 9.17) is 15.2 Å². The average Bonchev–Trinajstić information content (AvgIpc) is 2.48. The molecule has 1 atom stereocenters. The second-order valence-corrected chi connectivity index (χ2v) is 4.65. The minimum absolute atomic E-state index is 0.105. The van der Waals surface area contributed by atoms with Crippen molar-refractivity contribution in [2.45, 2.75) is 19.5 Å². The highest BCUT2D eigenvalue weighted by Crippen LogP contribution is 2.14. The van der Waals surface area contributed by atoms with Crippen LogP contribution in [-0.4, -0.2) is 34.5 Å². The Labute approximate surface area is 122 Å². The molecule has 7 nitrogen and oxygen atoms in total. The summed E-state index contributed by atoms with van der Waals surface area (Å²) in [6, 6.07) is 4.90. The fourth-order valence-electron chi connectivity index (χ4n) is 1.73. The van der Waals surface area contributed by atoms with Crippen LogP contribution in [0.25, 0.3) is 0 Å². The molecule has 0 aliphatic heterocycles. The molecule has 0 spiro atoms. The molecule has 7 heteroatoms. The second-order valence-electron chi connectivity index (χ2n) is 4.65. The van der Waals surface area contributed by atoms with Crippen molar-refractivity contribution >= 4 is 0 Å². The fourth-order valence-corrected chi connectivity index (χ4v) is 1.73. The third-order valence-electron chi connectivity index (χ3n) is 2.72. The maximum Gasteiger partial charge on any atom is 0.270 e. The van der Waals surface area contributed by atoms with E-state index in [1.165, 1.54) is 24.1 Å². The molecule has 0 aromatic carbocycles. The van der Waals surface area contributed by atoms with Gasteiger partial charge in [0.25, 0.3) is 5.56 Å². The quantitative estimate of drug-likeness (QED) is 0.829. The van der Waals surface area contributed by atoms with Crippen LogP contribution in [0.2, 0.25) is 0 Å². The van der Waals surface area contributed by atoms with Gasteiger partial charge in [0.1, 0.15) is 12.4 Å². The first-order valence-electron chi connectivity index (χ1n) is 6.53. The molecule has 2 N–H and O–H groups in total.